The molecule has 0 spiro atoms. The number of halogens is 1. The summed E-state index contributed by atoms with van der Waals surface area (Å²) >= 11 is 6.02. The number of nitrogens with zero attached hydrogens (tertiary/aromatic N) is 2. The molecule has 0 amide bonds. The summed E-state index contributed by atoms with van der Waals surface area (Å²) in [4.78, 5) is 8.00. The Morgan fingerprint density at radius 3 is 2.62 bits per heavy atom. The minimum atomic E-state index is -3.16. The molecule has 0 saturated carbocycles. The fraction of sp³-hybridized carbons (Fsp3) is 0.385. The van der Waals surface area contributed by atoms with E-state index >= 15 is 0 Å². The number of hydrogen-bond acceptors (Lipinski definition) is 6. The van der Waals surface area contributed by atoms with Crippen LogP contribution in [0.5, 0.6) is 11.5 Å². The van der Waals surface area contributed by atoms with Gasteiger partial charge in [0.1, 0.15) is 18.1 Å². The largest absolute Gasteiger partial charge is 0.493 e. The quantitative estimate of drug-likeness (QED) is 0.781. The van der Waals surface area contributed by atoms with Crippen molar-refractivity contribution in [1.82, 2.24) is 9.97 Å². The Morgan fingerprint density at radius 2 is 2.00 bits per heavy atom. The van der Waals surface area contributed by atoms with E-state index in [1.54, 1.807) is 19.1 Å². The van der Waals surface area contributed by atoms with Crippen LogP contribution in [0.25, 0.3) is 10.9 Å². The van der Waals surface area contributed by atoms with E-state index in [0.29, 0.717) is 27.6 Å². The first kappa shape index (κ1) is 15.8. The van der Waals surface area contributed by atoms with E-state index in [-0.39, 0.29) is 6.61 Å². The second-order valence-electron chi connectivity index (χ2n) is 4.64. The maximum absolute atomic E-state index is 11.4. The van der Waals surface area contributed by atoms with E-state index in [4.69, 9.17) is 21.1 Å². The lowest BCUT2D eigenvalue weighted by atomic mass is 10.2. The third-order valence-electron chi connectivity index (χ3n) is 3.08. The molecular weight excluding hydrogens is 316 g/mol. The number of hydrogen-bond donors (Lipinski definition) is 0. The van der Waals surface area contributed by atoms with Gasteiger partial charge in [0.05, 0.1) is 17.9 Å². The number of benzene rings is 1. The average Bonchev–Trinajstić information content (AvgIpc) is 2.43. The molecule has 1 unspecified atom stereocenters. The van der Waals surface area contributed by atoms with Gasteiger partial charge < -0.3 is 9.47 Å². The molecule has 0 aliphatic rings. The zero-order valence-corrected chi connectivity index (χ0v) is 13.4. The summed E-state index contributed by atoms with van der Waals surface area (Å²) < 4.78 is 33.6. The minimum absolute atomic E-state index is 0.0199. The lowest BCUT2D eigenvalue weighted by Crippen LogP contribution is -2.23. The van der Waals surface area contributed by atoms with Gasteiger partial charge in [-0.1, -0.05) is 11.6 Å². The van der Waals surface area contributed by atoms with Gasteiger partial charge in [-0.05, 0) is 13.0 Å². The summed E-state index contributed by atoms with van der Waals surface area (Å²) in [6.45, 7) is 1.60. The number of methoxy groups -OCH3 is 1. The van der Waals surface area contributed by atoms with Crippen LogP contribution in [0.4, 0.5) is 0 Å². The predicted molar refractivity (Wildman–Crippen MR) is 80.9 cm³/mol. The molecule has 0 radical (unpaired) electrons. The van der Waals surface area contributed by atoms with Gasteiger partial charge in [0, 0.05) is 17.7 Å². The molecule has 0 N–H and O–H groups in total. The van der Waals surface area contributed by atoms with Gasteiger partial charge in [-0.15, -0.1) is 0 Å². The molecule has 1 atom stereocenters. The van der Waals surface area contributed by atoms with Crippen molar-refractivity contribution in [3.8, 4) is 11.5 Å². The number of aromatic nitrogens is 2. The number of rotatable bonds is 5. The van der Waals surface area contributed by atoms with E-state index in [0.717, 1.165) is 0 Å². The summed E-state index contributed by atoms with van der Waals surface area (Å²) in [5.74, 6) is 0.857. The van der Waals surface area contributed by atoms with Gasteiger partial charge in [-0.2, -0.15) is 0 Å². The number of fused-ring (bicyclic) bond motifs is 1. The molecule has 1 aromatic carbocycles. The first-order valence-electron chi connectivity index (χ1n) is 6.13. The molecule has 2 aromatic rings. The molecule has 1 aromatic heterocycles. The standard InChI is InChI=1S/C13H15ClN2O4S/c1-8(21(3,17)18)6-20-12-4-9-10(5-11(12)19-2)15-7-16-13(9)14/h4-5,7-8H,6H2,1-3H3. The monoisotopic (exact) mass is 330 g/mol. The molecule has 21 heavy (non-hydrogen) atoms. The Labute approximate surface area is 128 Å². The van der Waals surface area contributed by atoms with Crippen LogP contribution in [0.3, 0.4) is 0 Å². The zero-order valence-electron chi connectivity index (χ0n) is 11.8. The van der Waals surface area contributed by atoms with Crippen molar-refractivity contribution in [3.05, 3.63) is 23.6 Å². The van der Waals surface area contributed by atoms with Gasteiger partial charge in [-0.3, -0.25) is 0 Å². The smallest absolute Gasteiger partial charge is 0.162 e. The predicted octanol–water partition coefficient (Wildman–Crippen LogP) is 2.10. The van der Waals surface area contributed by atoms with Crippen LogP contribution in [0.2, 0.25) is 5.15 Å². The Morgan fingerprint density at radius 1 is 1.29 bits per heavy atom. The highest BCUT2D eigenvalue weighted by molar-refractivity contribution is 7.91. The maximum atomic E-state index is 11.4. The Balaban J connectivity index is 2.36. The summed E-state index contributed by atoms with van der Waals surface area (Å²) in [5, 5.41) is 0.283. The molecule has 0 aliphatic carbocycles. The summed E-state index contributed by atoms with van der Waals surface area (Å²) in [6.07, 6.45) is 2.53. The van der Waals surface area contributed by atoms with Crippen LogP contribution < -0.4 is 9.47 Å². The van der Waals surface area contributed by atoms with E-state index in [2.05, 4.69) is 9.97 Å². The molecule has 0 bridgehead atoms. The Hall–Kier alpha value is -1.60. The SMILES string of the molecule is COc1cc2ncnc(Cl)c2cc1OCC(C)S(C)(=O)=O. The Bertz CT molecular complexity index is 764. The van der Waals surface area contributed by atoms with Gasteiger partial charge >= 0.3 is 0 Å². The van der Waals surface area contributed by atoms with Crippen LogP contribution in [0.1, 0.15) is 6.92 Å². The van der Waals surface area contributed by atoms with Crippen LogP contribution in [-0.2, 0) is 9.84 Å². The molecule has 0 saturated heterocycles. The first-order chi connectivity index (χ1) is 9.82. The van der Waals surface area contributed by atoms with E-state index in [1.807, 2.05) is 0 Å². The molecule has 114 valence electrons. The van der Waals surface area contributed by atoms with Crippen molar-refractivity contribution in [2.75, 3.05) is 20.0 Å². The van der Waals surface area contributed by atoms with Crippen molar-refractivity contribution < 1.29 is 17.9 Å². The van der Waals surface area contributed by atoms with Crippen LogP contribution in [0.15, 0.2) is 18.5 Å². The first-order valence-corrected chi connectivity index (χ1v) is 8.46. The highest BCUT2D eigenvalue weighted by Gasteiger charge is 2.17. The average molecular weight is 331 g/mol. The third-order valence-corrected chi connectivity index (χ3v) is 4.98. The van der Waals surface area contributed by atoms with Crippen molar-refractivity contribution >= 4 is 32.3 Å². The van der Waals surface area contributed by atoms with Crippen molar-refractivity contribution in [2.45, 2.75) is 12.2 Å². The van der Waals surface area contributed by atoms with Crippen LogP contribution in [-0.4, -0.2) is 43.6 Å². The lowest BCUT2D eigenvalue weighted by molar-refractivity contribution is 0.295. The number of sulfone groups is 1. The van der Waals surface area contributed by atoms with E-state index < -0.39 is 15.1 Å². The Kier molecular flexibility index (Phi) is 4.53. The summed E-state index contributed by atoms with van der Waals surface area (Å²) in [5.41, 5.74) is 0.621. The molecule has 6 nitrogen and oxygen atoms in total. The second-order valence-corrected chi connectivity index (χ2v) is 7.46. The fourth-order valence-corrected chi connectivity index (χ4v) is 2.15. The fourth-order valence-electron chi connectivity index (χ4n) is 1.64. The molecular formula is C13H15ClN2O4S. The molecule has 0 aliphatic heterocycles. The summed E-state index contributed by atoms with van der Waals surface area (Å²) in [6, 6.07) is 3.31. The number of ether oxygens (including phenoxy) is 2. The zero-order chi connectivity index (χ0) is 15.6. The summed E-state index contributed by atoms with van der Waals surface area (Å²) in [7, 11) is -1.66. The molecule has 2 rings (SSSR count). The molecule has 0 fully saturated rings. The van der Waals surface area contributed by atoms with Gasteiger partial charge in [-0.25, -0.2) is 18.4 Å². The lowest BCUT2D eigenvalue weighted by Gasteiger charge is -2.14. The normalized spacial score (nSPS) is 13.1. The van der Waals surface area contributed by atoms with Gasteiger partial charge in [0.2, 0.25) is 0 Å². The van der Waals surface area contributed by atoms with Crippen LogP contribution in [0, 0.1) is 0 Å². The maximum Gasteiger partial charge on any atom is 0.162 e. The van der Waals surface area contributed by atoms with Gasteiger partial charge in [0.25, 0.3) is 0 Å². The highest BCUT2D eigenvalue weighted by atomic mass is 35.5. The molecule has 1 heterocycles. The second kappa shape index (κ2) is 6.03. The molecule has 8 heteroatoms. The van der Waals surface area contributed by atoms with E-state index in [1.165, 1.54) is 19.7 Å². The minimum Gasteiger partial charge on any atom is -0.493 e. The third kappa shape index (κ3) is 3.54. The topological polar surface area (TPSA) is 78.4 Å². The van der Waals surface area contributed by atoms with Crippen molar-refractivity contribution in [3.63, 3.8) is 0 Å². The van der Waals surface area contributed by atoms with Crippen molar-refractivity contribution in [2.24, 2.45) is 0 Å². The van der Waals surface area contributed by atoms with E-state index in [9.17, 15) is 8.42 Å². The van der Waals surface area contributed by atoms with Gasteiger partial charge in [0.15, 0.2) is 21.3 Å². The van der Waals surface area contributed by atoms with Crippen molar-refractivity contribution in [1.29, 1.82) is 0 Å². The van der Waals surface area contributed by atoms with Crippen LogP contribution >= 0.6 is 11.6 Å². The highest BCUT2D eigenvalue weighted by Crippen LogP contribution is 2.33.